The number of rotatable bonds is 8. The molecule has 199 valence electrons. The molecule has 0 bridgehead atoms. The van der Waals surface area contributed by atoms with Crippen molar-refractivity contribution in [2.75, 3.05) is 25.3 Å². The fourth-order valence-electron chi connectivity index (χ4n) is 4.84. The molecule has 4 N–H and O–H groups in total. The van der Waals surface area contributed by atoms with Crippen LogP contribution in [0.2, 0.25) is 5.02 Å². The van der Waals surface area contributed by atoms with Crippen LogP contribution in [0.3, 0.4) is 0 Å². The molecular weight excluding hydrogens is 509 g/mol. The first kappa shape index (κ1) is 26.4. The van der Waals surface area contributed by atoms with Crippen LogP contribution in [0.25, 0.3) is 0 Å². The van der Waals surface area contributed by atoms with Crippen molar-refractivity contribution in [1.82, 2.24) is 5.32 Å². The van der Waals surface area contributed by atoms with Gasteiger partial charge in [0.2, 0.25) is 12.7 Å². The van der Waals surface area contributed by atoms with E-state index >= 15 is 0 Å². The molecule has 1 saturated heterocycles. The van der Waals surface area contributed by atoms with E-state index in [0.29, 0.717) is 53.8 Å². The largest absolute Gasteiger partial charge is 0.454 e. The van der Waals surface area contributed by atoms with Gasteiger partial charge in [0.25, 0.3) is 0 Å². The summed E-state index contributed by atoms with van der Waals surface area (Å²) >= 11 is 6.12. The van der Waals surface area contributed by atoms with Gasteiger partial charge in [-0.1, -0.05) is 35.9 Å². The SMILES string of the molecule is [CH2][C@H]1CO[C@H](CCc2c(F)cccc2NC(=O)[C@@H](N)[C@H](c2ccc(Cl)cc2)c2ccc3c(c2)OCO3)CN1. The molecule has 2 aliphatic rings. The van der Waals surface area contributed by atoms with E-state index in [4.69, 9.17) is 31.5 Å². The van der Waals surface area contributed by atoms with E-state index in [1.807, 2.05) is 24.3 Å². The Morgan fingerprint density at radius 2 is 1.89 bits per heavy atom. The summed E-state index contributed by atoms with van der Waals surface area (Å²) in [6, 6.07) is 16.4. The molecule has 4 atom stereocenters. The van der Waals surface area contributed by atoms with E-state index < -0.39 is 17.9 Å². The molecule has 1 amide bonds. The highest BCUT2D eigenvalue weighted by atomic mass is 35.5. The minimum atomic E-state index is -0.993. The summed E-state index contributed by atoms with van der Waals surface area (Å²) in [7, 11) is 0. The monoisotopic (exact) mass is 538 g/mol. The summed E-state index contributed by atoms with van der Waals surface area (Å²) in [6.45, 7) is 5.22. The summed E-state index contributed by atoms with van der Waals surface area (Å²) in [6.07, 6.45) is 0.938. The van der Waals surface area contributed by atoms with Crippen LogP contribution < -0.4 is 25.8 Å². The topological polar surface area (TPSA) is 94.8 Å². The maximum absolute atomic E-state index is 14.9. The Balaban J connectivity index is 1.37. The number of amides is 1. The fourth-order valence-corrected chi connectivity index (χ4v) is 4.97. The number of halogens is 2. The van der Waals surface area contributed by atoms with Crippen molar-refractivity contribution >= 4 is 23.2 Å². The summed E-state index contributed by atoms with van der Waals surface area (Å²) < 4.78 is 31.7. The van der Waals surface area contributed by atoms with Crippen LogP contribution in [0.4, 0.5) is 10.1 Å². The second-order valence-corrected chi connectivity index (χ2v) is 9.96. The Morgan fingerprint density at radius 1 is 1.13 bits per heavy atom. The lowest BCUT2D eigenvalue weighted by Gasteiger charge is -2.28. The number of nitrogens with two attached hydrogens (primary N) is 1. The third-order valence-electron chi connectivity index (χ3n) is 6.91. The van der Waals surface area contributed by atoms with Crippen LogP contribution in [0.1, 0.15) is 29.0 Å². The molecule has 3 aromatic carbocycles. The first-order chi connectivity index (χ1) is 18.4. The van der Waals surface area contributed by atoms with Crippen molar-refractivity contribution in [2.24, 2.45) is 5.73 Å². The van der Waals surface area contributed by atoms with Gasteiger partial charge in [0, 0.05) is 34.8 Å². The smallest absolute Gasteiger partial charge is 0.242 e. The Hall–Kier alpha value is -3.17. The molecule has 9 heteroatoms. The standard InChI is InChI=1S/C29H30ClFN3O4/c1-17-15-36-21(14-33-17)10-11-22-23(31)3-2-4-24(22)34-29(35)28(32)27(18-5-8-20(30)9-6-18)19-7-12-25-26(13-19)38-16-37-25/h2-9,12-13,17,21,27-28,33H,1,10-11,14-16,32H2,(H,34,35)/t17-,21+,27+,28-/m0/s1. The van der Waals surface area contributed by atoms with Gasteiger partial charge in [0.05, 0.1) is 18.8 Å². The Labute approximate surface area is 226 Å². The number of hydrogen-bond donors (Lipinski definition) is 3. The summed E-state index contributed by atoms with van der Waals surface area (Å²) in [5, 5.41) is 6.72. The average Bonchev–Trinajstić information content (AvgIpc) is 3.39. The van der Waals surface area contributed by atoms with Crippen LogP contribution in [0.5, 0.6) is 11.5 Å². The van der Waals surface area contributed by atoms with E-state index in [0.717, 1.165) is 11.1 Å². The Bertz CT molecular complexity index is 1280. The number of fused-ring (bicyclic) bond motifs is 1. The zero-order chi connectivity index (χ0) is 26.6. The predicted molar refractivity (Wildman–Crippen MR) is 144 cm³/mol. The van der Waals surface area contributed by atoms with Gasteiger partial charge in [0.1, 0.15) is 5.82 Å². The normalized spacial score (nSPS) is 20.1. The molecule has 0 aromatic heterocycles. The van der Waals surface area contributed by atoms with E-state index in [-0.39, 0.29) is 24.8 Å². The van der Waals surface area contributed by atoms with Crippen molar-refractivity contribution in [3.63, 3.8) is 0 Å². The predicted octanol–water partition coefficient (Wildman–Crippen LogP) is 4.43. The molecule has 2 heterocycles. The Morgan fingerprint density at radius 3 is 2.66 bits per heavy atom. The second-order valence-electron chi connectivity index (χ2n) is 9.52. The minimum Gasteiger partial charge on any atom is -0.454 e. The molecule has 1 fully saturated rings. The zero-order valence-corrected chi connectivity index (χ0v) is 21.5. The lowest BCUT2D eigenvalue weighted by Crippen LogP contribution is -2.45. The van der Waals surface area contributed by atoms with Crippen LogP contribution in [0.15, 0.2) is 60.7 Å². The molecule has 0 spiro atoms. The molecule has 2 aliphatic heterocycles. The maximum atomic E-state index is 14.9. The summed E-state index contributed by atoms with van der Waals surface area (Å²) in [5.74, 6) is -0.124. The second kappa shape index (κ2) is 11.7. The van der Waals surface area contributed by atoms with Crippen molar-refractivity contribution < 1.29 is 23.4 Å². The molecule has 1 radical (unpaired) electrons. The van der Waals surface area contributed by atoms with E-state index in [2.05, 4.69) is 17.6 Å². The van der Waals surface area contributed by atoms with Gasteiger partial charge in [-0.05, 0) is 67.3 Å². The van der Waals surface area contributed by atoms with Gasteiger partial charge in [0.15, 0.2) is 11.5 Å². The van der Waals surface area contributed by atoms with Gasteiger partial charge in [-0.3, -0.25) is 4.79 Å². The van der Waals surface area contributed by atoms with Crippen LogP contribution in [-0.4, -0.2) is 44.0 Å². The molecule has 0 saturated carbocycles. The fraction of sp³-hybridized carbons (Fsp3) is 0.310. The molecule has 7 nitrogen and oxygen atoms in total. The highest BCUT2D eigenvalue weighted by molar-refractivity contribution is 6.30. The number of nitrogens with one attached hydrogen (secondary N) is 2. The van der Waals surface area contributed by atoms with Crippen LogP contribution >= 0.6 is 11.6 Å². The third-order valence-corrected chi connectivity index (χ3v) is 7.16. The van der Waals surface area contributed by atoms with Gasteiger partial charge in [-0.25, -0.2) is 4.39 Å². The number of carbonyl (C=O) groups excluding carboxylic acids is 1. The molecular formula is C29H30ClFN3O4. The van der Waals surface area contributed by atoms with Crippen molar-refractivity contribution in [3.05, 3.63) is 95.1 Å². The van der Waals surface area contributed by atoms with E-state index in [9.17, 15) is 9.18 Å². The zero-order valence-electron chi connectivity index (χ0n) is 20.8. The van der Waals surface area contributed by atoms with Gasteiger partial charge in [-0.15, -0.1) is 0 Å². The van der Waals surface area contributed by atoms with Gasteiger partial charge < -0.3 is 30.6 Å². The summed E-state index contributed by atoms with van der Waals surface area (Å²) in [5.41, 5.74) is 9.00. The van der Waals surface area contributed by atoms with E-state index in [1.54, 1.807) is 30.3 Å². The number of anilines is 1. The molecule has 0 unspecified atom stereocenters. The van der Waals surface area contributed by atoms with Gasteiger partial charge in [-0.2, -0.15) is 0 Å². The van der Waals surface area contributed by atoms with Crippen LogP contribution in [-0.2, 0) is 16.0 Å². The first-order valence-electron chi connectivity index (χ1n) is 12.6. The number of ether oxygens (including phenoxy) is 3. The molecule has 5 rings (SSSR count). The van der Waals surface area contributed by atoms with Crippen molar-refractivity contribution in [3.8, 4) is 11.5 Å². The highest BCUT2D eigenvalue weighted by Gasteiger charge is 2.30. The number of benzene rings is 3. The molecule has 0 aliphatic carbocycles. The first-order valence-corrected chi connectivity index (χ1v) is 12.9. The number of carbonyl (C=O) groups is 1. The lowest BCUT2D eigenvalue weighted by molar-refractivity contribution is -0.117. The van der Waals surface area contributed by atoms with E-state index in [1.165, 1.54) is 6.07 Å². The third kappa shape index (κ3) is 5.94. The van der Waals surface area contributed by atoms with Gasteiger partial charge >= 0.3 is 0 Å². The average molecular weight is 539 g/mol. The quantitative estimate of drug-likeness (QED) is 0.393. The maximum Gasteiger partial charge on any atom is 0.242 e. The van der Waals surface area contributed by atoms with Crippen molar-refractivity contribution in [2.45, 2.75) is 36.9 Å². The Kier molecular flexibility index (Phi) is 8.14. The molecule has 3 aromatic rings. The minimum absolute atomic E-state index is 0.0504. The molecule has 38 heavy (non-hydrogen) atoms. The van der Waals surface area contributed by atoms with Crippen LogP contribution in [0, 0.1) is 12.7 Å². The van der Waals surface area contributed by atoms with Crippen molar-refractivity contribution in [1.29, 1.82) is 0 Å². The lowest BCUT2D eigenvalue weighted by atomic mass is 9.84. The highest BCUT2D eigenvalue weighted by Crippen LogP contribution is 2.38. The summed E-state index contributed by atoms with van der Waals surface area (Å²) in [4.78, 5) is 13.5. The number of hydrogen-bond acceptors (Lipinski definition) is 6. The number of morpholine rings is 1.